The summed E-state index contributed by atoms with van der Waals surface area (Å²) >= 11 is 0. The zero-order valence-electron chi connectivity index (χ0n) is 21.9. The van der Waals surface area contributed by atoms with Gasteiger partial charge in [0.2, 0.25) is 0 Å². The predicted molar refractivity (Wildman–Crippen MR) is 135 cm³/mol. The average molecular weight is 493 g/mol. The Kier molecular flexibility index (Phi) is 8.38. The third-order valence-electron chi connectivity index (χ3n) is 5.99. The van der Waals surface area contributed by atoms with Gasteiger partial charge in [-0.3, -0.25) is 0 Å². The molecule has 3 rings (SSSR count). The Morgan fingerprint density at radius 1 is 0.771 bits per heavy atom. The first-order chi connectivity index (χ1) is 16.3. The zero-order valence-corrected chi connectivity index (χ0v) is 21.9. The van der Waals surface area contributed by atoms with E-state index in [2.05, 4.69) is 10.6 Å². The van der Waals surface area contributed by atoms with E-state index in [9.17, 15) is 14.0 Å². The summed E-state index contributed by atoms with van der Waals surface area (Å²) in [4.78, 5) is 28.1. The number of hydrogen-bond acceptors (Lipinski definition) is 6. The lowest BCUT2D eigenvalue weighted by atomic mass is 10.0. The Hall–Kier alpha value is -2.71. The van der Waals surface area contributed by atoms with Gasteiger partial charge >= 0.3 is 12.2 Å². The number of anilines is 2. The molecule has 0 unspecified atom stereocenters. The van der Waals surface area contributed by atoms with E-state index in [1.54, 1.807) is 15.9 Å². The van der Waals surface area contributed by atoms with Gasteiger partial charge in [0.15, 0.2) is 0 Å². The molecule has 0 saturated carbocycles. The summed E-state index contributed by atoms with van der Waals surface area (Å²) in [5.74, 6) is -0.302. The van der Waals surface area contributed by atoms with Gasteiger partial charge in [0.25, 0.3) is 0 Å². The number of rotatable bonds is 4. The van der Waals surface area contributed by atoms with E-state index in [-0.39, 0.29) is 30.1 Å². The van der Waals surface area contributed by atoms with Crippen LogP contribution >= 0.6 is 0 Å². The standard InChI is InChI=1S/C26H41FN4O4/c1-25(2,3)34-23(32)30-13-9-19(10-14-30)28-21-8-7-18(27)17-22(21)29-20-11-15-31(16-12-20)24(33)35-26(4,5)6/h7-8,17,19-20,28-29H,9-16H2,1-6H3. The number of nitrogens with zero attached hydrogens (tertiary/aromatic N) is 2. The molecule has 2 aliphatic rings. The van der Waals surface area contributed by atoms with Crippen LogP contribution in [0.1, 0.15) is 67.2 Å². The number of likely N-dealkylation sites (tertiary alicyclic amines) is 2. The van der Waals surface area contributed by atoms with Gasteiger partial charge in [-0.2, -0.15) is 0 Å². The molecule has 2 aliphatic heterocycles. The number of ether oxygens (including phenoxy) is 2. The number of carbonyl (C=O) groups is 2. The summed E-state index contributed by atoms with van der Waals surface area (Å²) in [5.41, 5.74) is 0.536. The van der Waals surface area contributed by atoms with Gasteiger partial charge in [-0.15, -0.1) is 0 Å². The van der Waals surface area contributed by atoms with Crippen LogP contribution in [0.2, 0.25) is 0 Å². The molecule has 2 fully saturated rings. The van der Waals surface area contributed by atoms with Gasteiger partial charge in [-0.05, 0) is 85.4 Å². The number of benzene rings is 1. The average Bonchev–Trinajstić information content (AvgIpc) is 2.74. The van der Waals surface area contributed by atoms with Crippen molar-refractivity contribution in [3.05, 3.63) is 24.0 Å². The molecule has 0 aliphatic carbocycles. The lowest BCUT2D eigenvalue weighted by molar-refractivity contribution is 0.0199. The van der Waals surface area contributed by atoms with Crippen molar-refractivity contribution in [1.29, 1.82) is 0 Å². The number of piperidine rings is 2. The van der Waals surface area contributed by atoms with Crippen LogP contribution in [-0.2, 0) is 9.47 Å². The molecular formula is C26H41FN4O4. The molecule has 35 heavy (non-hydrogen) atoms. The Morgan fingerprint density at radius 3 is 1.57 bits per heavy atom. The second-order valence-electron chi connectivity index (χ2n) is 11.5. The third-order valence-corrected chi connectivity index (χ3v) is 5.99. The van der Waals surface area contributed by atoms with Crippen LogP contribution < -0.4 is 10.6 Å². The molecule has 9 heteroatoms. The fraction of sp³-hybridized carbons (Fsp3) is 0.692. The summed E-state index contributed by atoms with van der Waals surface area (Å²) < 4.78 is 25.0. The third kappa shape index (κ3) is 8.47. The highest BCUT2D eigenvalue weighted by Crippen LogP contribution is 2.29. The number of nitrogens with one attached hydrogen (secondary N) is 2. The number of halogens is 1. The van der Waals surface area contributed by atoms with E-state index in [4.69, 9.17) is 9.47 Å². The highest BCUT2D eigenvalue weighted by atomic mass is 19.1. The van der Waals surface area contributed by atoms with Crippen LogP contribution in [0.3, 0.4) is 0 Å². The molecule has 0 aromatic heterocycles. The summed E-state index contributed by atoms with van der Waals surface area (Å²) in [6.45, 7) is 13.6. The highest BCUT2D eigenvalue weighted by molar-refractivity contribution is 5.71. The molecule has 8 nitrogen and oxygen atoms in total. The van der Waals surface area contributed by atoms with Gasteiger partial charge in [-0.25, -0.2) is 14.0 Å². The van der Waals surface area contributed by atoms with Crippen LogP contribution in [0.4, 0.5) is 25.4 Å². The molecule has 1 aromatic rings. The molecular weight excluding hydrogens is 451 g/mol. The van der Waals surface area contributed by atoms with E-state index in [0.717, 1.165) is 37.1 Å². The van der Waals surface area contributed by atoms with E-state index in [1.807, 2.05) is 41.5 Å². The second-order valence-corrected chi connectivity index (χ2v) is 11.5. The topological polar surface area (TPSA) is 83.1 Å². The van der Waals surface area contributed by atoms with Crippen LogP contribution in [0.15, 0.2) is 18.2 Å². The molecule has 196 valence electrons. The van der Waals surface area contributed by atoms with Crippen LogP contribution in [0.25, 0.3) is 0 Å². The molecule has 0 radical (unpaired) electrons. The van der Waals surface area contributed by atoms with Crippen molar-refractivity contribution < 1.29 is 23.5 Å². The van der Waals surface area contributed by atoms with Crippen molar-refractivity contribution in [2.75, 3.05) is 36.8 Å². The lowest BCUT2D eigenvalue weighted by Gasteiger charge is -2.35. The Bertz CT molecular complexity index is 880. The lowest BCUT2D eigenvalue weighted by Crippen LogP contribution is -2.45. The summed E-state index contributed by atoms with van der Waals surface area (Å²) in [6.07, 6.45) is 2.50. The number of amides is 2. The van der Waals surface area contributed by atoms with E-state index < -0.39 is 11.2 Å². The first-order valence-electron chi connectivity index (χ1n) is 12.6. The molecule has 2 amide bonds. The summed E-state index contributed by atoms with van der Waals surface area (Å²) in [6, 6.07) is 5.03. The molecule has 2 N–H and O–H groups in total. The fourth-order valence-electron chi connectivity index (χ4n) is 4.27. The first-order valence-corrected chi connectivity index (χ1v) is 12.6. The normalized spacial score (nSPS) is 18.3. The number of hydrogen-bond donors (Lipinski definition) is 2. The van der Waals surface area contributed by atoms with Gasteiger partial charge < -0.3 is 29.9 Å². The molecule has 0 bridgehead atoms. The SMILES string of the molecule is CC(C)(C)OC(=O)N1CCC(Nc2ccc(F)cc2NC2CCN(C(=O)OC(C)(C)C)CC2)CC1. The van der Waals surface area contributed by atoms with Crippen molar-refractivity contribution in [1.82, 2.24) is 9.80 Å². The molecule has 2 heterocycles. The van der Waals surface area contributed by atoms with Crippen LogP contribution in [-0.4, -0.2) is 71.5 Å². The van der Waals surface area contributed by atoms with Crippen molar-refractivity contribution in [3.8, 4) is 0 Å². The minimum absolute atomic E-state index is 0.130. The molecule has 0 atom stereocenters. The Morgan fingerprint density at radius 2 is 1.17 bits per heavy atom. The van der Waals surface area contributed by atoms with Gasteiger partial charge in [0.1, 0.15) is 17.0 Å². The predicted octanol–water partition coefficient (Wildman–Crippen LogP) is 5.45. The maximum atomic E-state index is 14.1. The maximum absolute atomic E-state index is 14.1. The van der Waals surface area contributed by atoms with Crippen LogP contribution in [0.5, 0.6) is 0 Å². The van der Waals surface area contributed by atoms with E-state index >= 15 is 0 Å². The van der Waals surface area contributed by atoms with Crippen molar-refractivity contribution in [2.24, 2.45) is 0 Å². The zero-order chi connectivity index (χ0) is 25.8. The van der Waals surface area contributed by atoms with Crippen molar-refractivity contribution >= 4 is 23.6 Å². The highest BCUT2D eigenvalue weighted by Gasteiger charge is 2.29. The van der Waals surface area contributed by atoms with E-state index in [0.29, 0.717) is 26.2 Å². The van der Waals surface area contributed by atoms with Crippen LogP contribution in [0, 0.1) is 5.82 Å². The van der Waals surface area contributed by atoms with Gasteiger partial charge in [0, 0.05) is 38.3 Å². The Labute approximate surface area is 208 Å². The summed E-state index contributed by atoms with van der Waals surface area (Å²) in [5, 5.41) is 7.01. The number of carbonyl (C=O) groups excluding carboxylic acids is 2. The minimum Gasteiger partial charge on any atom is -0.444 e. The largest absolute Gasteiger partial charge is 0.444 e. The minimum atomic E-state index is -0.516. The van der Waals surface area contributed by atoms with E-state index in [1.165, 1.54) is 12.1 Å². The van der Waals surface area contributed by atoms with Gasteiger partial charge in [0.05, 0.1) is 11.4 Å². The molecule has 1 aromatic carbocycles. The van der Waals surface area contributed by atoms with Gasteiger partial charge in [-0.1, -0.05) is 0 Å². The Balaban J connectivity index is 1.53. The quantitative estimate of drug-likeness (QED) is 0.582. The summed E-state index contributed by atoms with van der Waals surface area (Å²) in [7, 11) is 0. The smallest absolute Gasteiger partial charge is 0.410 e. The molecule has 2 saturated heterocycles. The van der Waals surface area contributed by atoms with Crippen molar-refractivity contribution in [2.45, 2.75) is 90.5 Å². The maximum Gasteiger partial charge on any atom is 0.410 e. The monoisotopic (exact) mass is 492 g/mol. The fourth-order valence-corrected chi connectivity index (χ4v) is 4.27. The second kappa shape index (κ2) is 10.9. The first kappa shape index (κ1) is 26.9. The molecule has 0 spiro atoms. The van der Waals surface area contributed by atoms with Crippen molar-refractivity contribution in [3.63, 3.8) is 0 Å².